The lowest BCUT2D eigenvalue weighted by molar-refractivity contribution is -0.141. The summed E-state index contributed by atoms with van der Waals surface area (Å²) in [7, 11) is 0. The molecule has 2 amide bonds. The van der Waals surface area contributed by atoms with Gasteiger partial charge < -0.3 is 14.9 Å². The molecular weight excluding hydrogens is 244 g/mol. The molecule has 0 radical (unpaired) electrons. The SMILES string of the molecule is CC(C)(C)C1CCN(C(=O)N2CCC[C@@H]2C(=O)O)C1. The molecule has 5 nitrogen and oxygen atoms in total. The molecule has 0 aromatic heterocycles. The van der Waals surface area contributed by atoms with E-state index in [-0.39, 0.29) is 11.4 Å². The van der Waals surface area contributed by atoms with Crippen molar-refractivity contribution in [2.75, 3.05) is 19.6 Å². The molecule has 0 spiro atoms. The van der Waals surface area contributed by atoms with Crippen molar-refractivity contribution in [3.8, 4) is 0 Å². The van der Waals surface area contributed by atoms with Crippen LogP contribution in [0.3, 0.4) is 0 Å². The van der Waals surface area contributed by atoms with Gasteiger partial charge >= 0.3 is 12.0 Å². The maximum absolute atomic E-state index is 12.4. The van der Waals surface area contributed by atoms with Crippen molar-refractivity contribution in [1.29, 1.82) is 0 Å². The second-order valence-electron chi connectivity index (χ2n) is 6.77. The van der Waals surface area contributed by atoms with Gasteiger partial charge in [-0.2, -0.15) is 0 Å². The van der Waals surface area contributed by atoms with Crippen LogP contribution in [-0.4, -0.2) is 52.6 Å². The number of hydrogen-bond acceptors (Lipinski definition) is 2. The highest BCUT2D eigenvalue weighted by molar-refractivity contribution is 5.83. The molecule has 19 heavy (non-hydrogen) atoms. The summed E-state index contributed by atoms with van der Waals surface area (Å²) >= 11 is 0. The summed E-state index contributed by atoms with van der Waals surface area (Å²) in [6.07, 6.45) is 2.39. The lowest BCUT2D eigenvalue weighted by Crippen LogP contribution is -2.47. The van der Waals surface area contributed by atoms with Crippen molar-refractivity contribution in [1.82, 2.24) is 9.80 Å². The summed E-state index contributed by atoms with van der Waals surface area (Å²) in [5, 5.41) is 9.14. The lowest BCUT2D eigenvalue weighted by atomic mass is 9.80. The van der Waals surface area contributed by atoms with Crippen LogP contribution in [0.15, 0.2) is 0 Å². The average molecular weight is 268 g/mol. The van der Waals surface area contributed by atoms with E-state index in [4.69, 9.17) is 5.11 Å². The number of hydrogen-bond donors (Lipinski definition) is 1. The van der Waals surface area contributed by atoms with E-state index >= 15 is 0 Å². The zero-order chi connectivity index (χ0) is 14.2. The van der Waals surface area contributed by atoms with Crippen LogP contribution in [-0.2, 0) is 4.79 Å². The second-order valence-corrected chi connectivity index (χ2v) is 6.77. The van der Waals surface area contributed by atoms with Gasteiger partial charge in [0.15, 0.2) is 0 Å². The molecule has 2 rings (SSSR count). The van der Waals surface area contributed by atoms with E-state index in [0.29, 0.717) is 18.9 Å². The van der Waals surface area contributed by atoms with Gasteiger partial charge in [-0.05, 0) is 30.6 Å². The zero-order valence-corrected chi connectivity index (χ0v) is 12.1. The van der Waals surface area contributed by atoms with E-state index in [2.05, 4.69) is 20.8 Å². The topological polar surface area (TPSA) is 60.9 Å². The minimum absolute atomic E-state index is 0.0864. The van der Waals surface area contributed by atoms with Crippen LogP contribution in [0.4, 0.5) is 4.79 Å². The number of carboxylic acid groups (broad SMARTS) is 1. The van der Waals surface area contributed by atoms with E-state index in [1.165, 1.54) is 4.90 Å². The Morgan fingerprint density at radius 3 is 2.37 bits per heavy atom. The number of nitrogens with zero attached hydrogens (tertiary/aromatic N) is 2. The number of aliphatic carboxylic acids is 1. The Bertz CT molecular complexity index is 375. The van der Waals surface area contributed by atoms with Crippen LogP contribution in [0.5, 0.6) is 0 Å². The molecule has 0 aromatic rings. The number of amides is 2. The highest BCUT2D eigenvalue weighted by atomic mass is 16.4. The molecular formula is C14H24N2O3. The number of rotatable bonds is 1. The second kappa shape index (κ2) is 5.02. The molecule has 2 atom stereocenters. The van der Waals surface area contributed by atoms with Crippen molar-refractivity contribution in [2.24, 2.45) is 11.3 Å². The summed E-state index contributed by atoms with van der Waals surface area (Å²) in [5.74, 6) is -0.375. The molecule has 1 N–H and O–H groups in total. The third-order valence-electron chi connectivity index (χ3n) is 4.47. The normalized spacial score (nSPS) is 27.9. The Hall–Kier alpha value is -1.26. The quantitative estimate of drug-likeness (QED) is 0.791. The van der Waals surface area contributed by atoms with E-state index in [1.807, 2.05) is 4.90 Å². The Balaban J connectivity index is 2.00. The zero-order valence-electron chi connectivity index (χ0n) is 12.1. The van der Waals surface area contributed by atoms with Crippen molar-refractivity contribution >= 4 is 12.0 Å². The molecule has 0 saturated carbocycles. The number of carbonyl (C=O) groups is 2. The maximum atomic E-state index is 12.4. The maximum Gasteiger partial charge on any atom is 0.326 e. The Morgan fingerprint density at radius 2 is 1.84 bits per heavy atom. The molecule has 5 heteroatoms. The monoisotopic (exact) mass is 268 g/mol. The van der Waals surface area contributed by atoms with Gasteiger partial charge in [-0.25, -0.2) is 9.59 Å². The van der Waals surface area contributed by atoms with Gasteiger partial charge in [0.2, 0.25) is 0 Å². The van der Waals surface area contributed by atoms with E-state index < -0.39 is 12.0 Å². The molecule has 2 saturated heterocycles. The first-order chi connectivity index (χ1) is 8.80. The van der Waals surface area contributed by atoms with Gasteiger partial charge in [0.1, 0.15) is 6.04 Å². The third-order valence-corrected chi connectivity index (χ3v) is 4.47. The van der Waals surface area contributed by atoms with E-state index in [0.717, 1.165) is 25.9 Å². The minimum atomic E-state index is -0.877. The van der Waals surface area contributed by atoms with E-state index in [9.17, 15) is 9.59 Å². The van der Waals surface area contributed by atoms with Gasteiger partial charge in [0.05, 0.1) is 0 Å². The molecule has 2 fully saturated rings. The van der Waals surface area contributed by atoms with Crippen molar-refractivity contribution in [3.63, 3.8) is 0 Å². The predicted molar refractivity (Wildman–Crippen MR) is 71.9 cm³/mol. The standard InChI is InChI=1S/C14H24N2O3/c1-14(2,3)10-6-8-15(9-10)13(19)16-7-4-5-11(16)12(17)18/h10-11H,4-9H2,1-3H3,(H,17,18)/t10?,11-/m1/s1. The predicted octanol–water partition coefficient (Wildman–Crippen LogP) is 2.02. The van der Waals surface area contributed by atoms with Crippen molar-refractivity contribution in [3.05, 3.63) is 0 Å². The molecule has 108 valence electrons. The fourth-order valence-electron chi connectivity index (χ4n) is 3.07. The van der Waals surface area contributed by atoms with Crippen LogP contribution >= 0.6 is 0 Å². The van der Waals surface area contributed by atoms with Crippen LogP contribution < -0.4 is 0 Å². The highest BCUT2D eigenvalue weighted by Crippen LogP contribution is 2.34. The number of carbonyl (C=O) groups excluding carboxylic acids is 1. The highest BCUT2D eigenvalue weighted by Gasteiger charge is 2.40. The van der Waals surface area contributed by atoms with Gasteiger partial charge in [0, 0.05) is 19.6 Å². The van der Waals surface area contributed by atoms with Gasteiger partial charge in [0.25, 0.3) is 0 Å². The summed E-state index contributed by atoms with van der Waals surface area (Å²) in [6, 6.07) is -0.710. The molecule has 0 aromatic carbocycles. The lowest BCUT2D eigenvalue weighted by Gasteiger charge is -2.30. The first kappa shape index (κ1) is 14.2. The van der Waals surface area contributed by atoms with E-state index in [1.54, 1.807) is 0 Å². The molecule has 1 unspecified atom stereocenters. The Kier molecular flexibility index (Phi) is 3.74. The van der Waals surface area contributed by atoms with Crippen molar-refractivity contribution in [2.45, 2.75) is 46.1 Å². The fraction of sp³-hybridized carbons (Fsp3) is 0.857. The number of urea groups is 1. The largest absolute Gasteiger partial charge is 0.480 e. The molecule has 0 bridgehead atoms. The Labute approximate surface area is 114 Å². The van der Waals surface area contributed by atoms with Gasteiger partial charge in [-0.1, -0.05) is 20.8 Å². The van der Waals surface area contributed by atoms with Crippen LogP contribution in [0.1, 0.15) is 40.0 Å². The molecule has 2 aliphatic heterocycles. The molecule has 2 aliphatic rings. The summed E-state index contributed by atoms with van der Waals surface area (Å²) in [5.41, 5.74) is 0.201. The van der Waals surface area contributed by atoms with Crippen LogP contribution in [0, 0.1) is 11.3 Å². The third kappa shape index (κ3) is 2.85. The first-order valence-corrected chi connectivity index (χ1v) is 7.09. The summed E-state index contributed by atoms with van der Waals surface area (Å²) in [4.78, 5) is 26.9. The number of likely N-dealkylation sites (tertiary alicyclic amines) is 2. The summed E-state index contributed by atoms with van der Waals surface area (Å²) in [6.45, 7) is 8.67. The van der Waals surface area contributed by atoms with Crippen LogP contribution in [0.2, 0.25) is 0 Å². The Morgan fingerprint density at radius 1 is 1.16 bits per heavy atom. The van der Waals surface area contributed by atoms with Gasteiger partial charge in [-0.3, -0.25) is 0 Å². The van der Waals surface area contributed by atoms with Crippen LogP contribution in [0.25, 0.3) is 0 Å². The smallest absolute Gasteiger partial charge is 0.326 e. The van der Waals surface area contributed by atoms with Gasteiger partial charge in [-0.15, -0.1) is 0 Å². The summed E-state index contributed by atoms with van der Waals surface area (Å²) < 4.78 is 0. The minimum Gasteiger partial charge on any atom is -0.480 e. The molecule has 0 aliphatic carbocycles. The fourth-order valence-corrected chi connectivity index (χ4v) is 3.07. The molecule has 2 heterocycles. The average Bonchev–Trinajstić information content (AvgIpc) is 2.96. The first-order valence-electron chi connectivity index (χ1n) is 7.09. The van der Waals surface area contributed by atoms with Crippen molar-refractivity contribution < 1.29 is 14.7 Å². The number of carboxylic acids is 1.